The number of hydrogen-bond acceptors (Lipinski definition) is 2. The van der Waals surface area contributed by atoms with E-state index in [2.05, 4.69) is 12.2 Å². The zero-order valence-electron chi connectivity index (χ0n) is 11.5. The molecule has 1 aromatic carbocycles. The van der Waals surface area contributed by atoms with Gasteiger partial charge in [-0.1, -0.05) is 31.5 Å². The van der Waals surface area contributed by atoms with Crippen LogP contribution in [0.4, 0.5) is 0 Å². The highest BCUT2D eigenvalue weighted by atomic mass is 16.5. The fourth-order valence-electron chi connectivity index (χ4n) is 2.59. The van der Waals surface area contributed by atoms with Gasteiger partial charge in [-0.25, -0.2) is 0 Å². The zero-order chi connectivity index (χ0) is 12.7. The van der Waals surface area contributed by atoms with Crippen molar-refractivity contribution in [2.75, 3.05) is 19.7 Å². The first kappa shape index (κ1) is 13.4. The molecule has 0 unspecified atom stereocenters. The van der Waals surface area contributed by atoms with Crippen molar-refractivity contribution in [2.24, 2.45) is 5.41 Å². The second-order valence-corrected chi connectivity index (χ2v) is 5.40. The van der Waals surface area contributed by atoms with Crippen LogP contribution in [0.15, 0.2) is 30.3 Å². The minimum Gasteiger partial charge on any atom is -0.494 e. The van der Waals surface area contributed by atoms with Gasteiger partial charge in [0.2, 0.25) is 0 Å². The zero-order valence-corrected chi connectivity index (χ0v) is 11.5. The van der Waals surface area contributed by atoms with E-state index in [-0.39, 0.29) is 0 Å². The minimum absolute atomic E-state index is 0.625. The molecule has 0 radical (unpaired) electrons. The Balaban J connectivity index is 1.51. The molecule has 1 N–H and O–H groups in total. The molecule has 1 fully saturated rings. The number of benzene rings is 1. The third-order valence-corrected chi connectivity index (χ3v) is 4.17. The molecule has 1 saturated carbocycles. The Kier molecular flexibility index (Phi) is 5.06. The number of para-hydroxylation sites is 1. The molecule has 0 bridgehead atoms. The average Bonchev–Trinajstić information content (AvgIpc) is 2.37. The van der Waals surface area contributed by atoms with E-state index < -0.39 is 0 Å². The van der Waals surface area contributed by atoms with Crippen LogP contribution in [0, 0.1) is 5.41 Å². The van der Waals surface area contributed by atoms with E-state index in [0.29, 0.717) is 5.41 Å². The first-order chi connectivity index (χ1) is 8.85. The summed E-state index contributed by atoms with van der Waals surface area (Å²) in [5, 5.41) is 3.59. The van der Waals surface area contributed by atoms with Crippen LogP contribution in [0.3, 0.4) is 0 Å². The summed E-state index contributed by atoms with van der Waals surface area (Å²) in [7, 11) is 0. The summed E-state index contributed by atoms with van der Waals surface area (Å²) in [4.78, 5) is 0. The molecule has 0 spiro atoms. The van der Waals surface area contributed by atoms with E-state index >= 15 is 0 Å². The largest absolute Gasteiger partial charge is 0.494 e. The lowest BCUT2D eigenvalue weighted by atomic mass is 9.67. The molecule has 0 heterocycles. The van der Waals surface area contributed by atoms with Crippen molar-refractivity contribution >= 4 is 0 Å². The van der Waals surface area contributed by atoms with Crippen LogP contribution >= 0.6 is 0 Å². The van der Waals surface area contributed by atoms with Crippen LogP contribution < -0.4 is 10.1 Å². The highest BCUT2D eigenvalue weighted by molar-refractivity contribution is 5.20. The molecule has 1 aromatic rings. The Morgan fingerprint density at radius 3 is 2.61 bits per heavy atom. The average molecular weight is 247 g/mol. The molecule has 0 amide bonds. The molecule has 1 aliphatic rings. The quantitative estimate of drug-likeness (QED) is 0.708. The van der Waals surface area contributed by atoms with Gasteiger partial charge in [0.05, 0.1) is 6.61 Å². The Bertz CT molecular complexity index is 327. The Morgan fingerprint density at radius 1 is 1.22 bits per heavy atom. The molecule has 2 nitrogen and oxygen atoms in total. The topological polar surface area (TPSA) is 21.3 Å². The van der Waals surface area contributed by atoms with Crippen molar-refractivity contribution in [3.8, 4) is 5.75 Å². The van der Waals surface area contributed by atoms with Gasteiger partial charge in [-0.3, -0.25) is 0 Å². The second kappa shape index (κ2) is 6.79. The fraction of sp³-hybridized carbons (Fsp3) is 0.625. The van der Waals surface area contributed by atoms with E-state index in [9.17, 15) is 0 Å². The van der Waals surface area contributed by atoms with Crippen molar-refractivity contribution in [2.45, 2.75) is 39.0 Å². The summed E-state index contributed by atoms with van der Waals surface area (Å²) in [5.74, 6) is 0.974. The lowest BCUT2D eigenvalue weighted by Gasteiger charge is -2.41. The number of rotatable bonds is 8. The molecule has 0 aromatic heterocycles. The van der Waals surface area contributed by atoms with Crippen molar-refractivity contribution in [1.82, 2.24) is 5.32 Å². The summed E-state index contributed by atoms with van der Waals surface area (Å²) >= 11 is 0. The lowest BCUT2D eigenvalue weighted by Crippen LogP contribution is -2.39. The van der Waals surface area contributed by atoms with Gasteiger partial charge in [-0.2, -0.15) is 0 Å². The molecular weight excluding hydrogens is 222 g/mol. The summed E-state index contributed by atoms with van der Waals surface area (Å²) in [6, 6.07) is 10.0. The molecular formula is C16H25NO. The van der Waals surface area contributed by atoms with Crippen LogP contribution in [0.1, 0.15) is 39.0 Å². The van der Waals surface area contributed by atoms with Gasteiger partial charge in [0.25, 0.3) is 0 Å². The van der Waals surface area contributed by atoms with Gasteiger partial charge in [-0.05, 0) is 49.8 Å². The fourth-order valence-corrected chi connectivity index (χ4v) is 2.59. The summed E-state index contributed by atoms with van der Waals surface area (Å²) in [6.07, 6.45) is 6.65. The van der Waals surface area contributed by atoms with E-state index in [4.69, 9.17) is 4.74 Å². The van der Waals surface area contributed by atoms with Gasteiger partial charge in [0, 0.05) is 6.54 Å². The third-order valence-electron chi connectivity index (χ3n) is 4.17. The Hall–Kier alpha value is -1.02. The third kappa shape index (κ3) is 3.74. The maximum Gasteiger partial charge on any atom is 0.119 e. The summed E-state index contributed by atoms with van der Waals surface area (Å²) in [6.45, 7) is 5.37. The van der Waals surface area contributed by atoms with Crippen molar-refractivity contribution in [3.05, 3.63) is 30.3 Å². The highest BCUT2D eigenvalue weighted by Crippen LogP contribution is 2.42. The minimum atomic E-state index is 0.625. The maximum atomic E-state index is 5.66. The van der Waals surface area contributed by atoms with Crippen LogP contribution in [-0.2, 0) is 0 Å². The van der Waals surface area contributed by atoms with E-state index in [0.717, 1.165) is 25.3 Å². The van der Waals surface area contributed by atoms with Gasteiger partial charge >= 0.3 is 0 Å². The normalized spacial score (nSPS) is 17.2. The summed E-state index contributed by atoms with van der Waals surface area (Å²) < 4.78 is 5.66. The number of hydrogen-bond donors (Lipinski definition) is 1. The first-order valence-electron chi connectivity index (χ1n) is 7.23. The van der Waals surface area contributed by atoms with Crippen LogP contribution in [0.5, 0.6) is 5.75 Å². The number of nitrogens with one attached hydrogen (secondary N) is 1. The van der Waals surface area contributed by atoms with E-state index in [1.54, 1.807) is 0 Å². The Labute approximate surface area is 111 Å². The molecule has 0 saturated heterocycles. The van der Waals surface area contributed by atoms with Crippen molar-refractivity contribution in [1.29, 1.82) is 0 Å². The second-order valence-electron chi connectivity index (χ2n) is 5.40. The van der Waals surface area contributed by atoms with Gasteiger partial charge < -0.3 is 10.1 Å². The maximum absolute atomic E-state index is 5.66. The molecule has 100 valence electrons. The SMILES string of the molecule is CCC1(CNCCCOc2ccccc2)CCC1. The lowest BCUT2D eigenvalue weighted by molar-refractivity contribution is 0.123. The van der Waals surface area contributed by atoms with Gasteiger partial charge in [0.15, 0.2) is 0 Å². The van der Waals surface area contributed by atoms with E-state index in [1.165, 1.54) is 32.2 Å². The van der Waals surface area contributed by atoms with Gasteiger partial charge in [-0.15, -0.1) is 0 Å². The molecule has 1 aliphatic carbocycles. The summed E-state index contributed by atoms with van der Waals surface area (Å²) in [5.41, 5.74) is 0.625. The smallest absolute Gasteiger partial charge is 0.119 e. The van der Waals surface area contributed by atoms with Crippen LogP contribution in [-0.4, -0.2) is 19.7 Å². The molecule has 0 atom stereocenters. The van der Waals surface area contributed by atoms with Crippen LogP contribution in [0.2, 0.25) is 0 Å². The highest BCUT2D eigenvalue weighted by Gasteiger charge is 2.34. The molecule has 0 aliphatic heterocycles. The molecule has 18 heavy (non-hydrogen) atoms. The van der Waals surface area contributed by atoms with Crippen LogP contribution in [0.25, 0.3) is 0 Å². The standard InChI is InChI=1S/C16H25NO/c1-2-16(10-6-11-16)14-17-12-7-13-18-15-8-4-3-5-9-15/h3-5,8-9,17H,2,6-7,10-14H2,1H3. The Morgan fingerprint density at radius 2 is 2.00 bits per heavy atom. The first-order valence-corrected chi connectivity index (χ1v) is 7.23. The number of ether oxygens (including phenoxy) is 1. The predicted molar refractivity (Wildman–Crippen MR) is 76.0 cm³/mol. The van der Waals surface area contributed by atoms with Crippen molar-refractivity contribution in [3.63, 3.8) is 0 Å². The van der Waals surface area contributed by atoms with E-state index in [1.807, 2.05) is 30.3 Å². The molecule has 2 rings (SSSR count). The molecule has 2 heteroatoms. The predicted octanol–water partition coefficient (Wildman–Crippen LogP) is 3.63. The van der Waals surface area contributed by atoms with Crippen molar-refractivity contribution < 1.29 is 4.74 Å². The van der Waals surface area contributed by atoms with Gasteiger partial charge in [0.1, 0.15) is 5.75 Å². The monoisotopic (exact) mass is 247 g/mol.